The number of benzene rings is 1. The number of nitrogens with one attached hydrogen (secondary N) is 1. The molecule has 1 amide bonds. The summed E-state index contributed by atoms with van der Waals surface area (Å²) >= 11 is 0. The third kappa shape index (κ3) is 3.59. The zero-order chi connectivity index (χ0) is 16.1. The Morgan fingerprint density at radius 3 is 2.41 bits per heavy atom. The Labute approximate surface area is 132 Å². The highest BCUT2D eigenvalue weighted by Crippen LogP contribution is 2.33. The molecule has 0 radical (unpaired) electrons. The van der Waals surface area contributed by atoms with Crippen LogP contribution in [0.2, 0.25) is 0 Å². The van der Waals surface area contributed by atoms with Crippen LogP contribution in [-0.4, -0.2) is 38.0 Å². The first kappa shape index (κ1) is 16.8. The number of anilines is 2. The minimum atomic E-state index is -0.405. The summed E-state index contributed by atoms with van der Waals surface area (Å²) in [5.74, 6) is 0.277. The Morgan fingerprint density at radius 2 is 1.82 bits per heavy atom. The highest BCUT2D eigenvalue weighted by Gasteiger charge is 2.35. The van der Waals surface area contributed by atoms with E-state index >= 15 is 0 Å². The third-order valence-corrected chi connectivity index (χ3v) is 3.74. The molecule has 0 fully saturated rings. The topological polar surface area (TPSA) is 50.8 Å². The molecule has 22 heavy (non-hydrogen) atoms. The predicted molar refractivity (Wildman–Crippen MR) is 88.1 cm³/mol. The van der Waals surface area contributed by atoms with E-state index in [2.05, 4.69) is 5.32 Å². The van der Waals surface area contributed by atoms with Crippen LogP contribution in [0.1, 0.15) is 27.7 Å². The van der Waals surface area contributed by atoms with Gasteiger partial charge in [0.25, 0.3) is 0 Å². The van der Waals surface area contributed by atoms with Crippen molar-refractivity contribution < 1.29 is 14.3 Å². The maximum Gasteiger partial charge on any atom is 0.249 e. The molecule has 5 nitrogen and oxygen atoms in total. The van der Waals surface area contributed by atoms with E-state index in [4.69, 9.17) is 9.47 Å². The number of rotatable bonds is 7. The monoisotopic (exact) mass is 306 g/mol. The molecular formula is C17H26N2O3. The first-order chi connectivity index (χ1) is 10.6. The van der Waals surface area contributed by atoms with Crippen molar-refractivity contribution in [3.8, 4) is 0 Å². The van der Waals surface area contributed by atoms with Crippen molar-refractivity contribution >= 4 is 17.3 Å². The summed E-state index contributed by atoms with van der Waals surface area (Å²) in [6.07, 6.45) is -0.405. The largest absolute Gasteiger partial charge is 0.372 e. The van der Waals surface area contributed by atoms with E-state index in [1.807, 2.05) is 52.0 Å². The standard InChI is InChI=1S/C17H26N2O3/c1-5-21-15(22-6-2)11-19-14-10-8-7-9-13(14)18-16(12(3)4)17(19)20/h7-10,12,15-16,18H,5-6,11H2,1-4H3. The number of amides is 1. The molecule has 1 aromatic rings. The van der Waals surface area contributed by atoms with Crippen molar-refractivity contribution in [2.45, 2.75) is 40.0 Å². The van der Waals surface area contributed by atoms with Gasteiger partial charge in [-0.25, -0.2) is 0 Å². The molecule has 1 N–H and O–H groups in total. The quantitative estimate of drug-likeness (QED) is 0.787. The minimum absolute atomic E-state index is 0.0677. The number of para-hydroxylation sites is 2. The van der Waals surface area contributed by atoms with E-state index in [9.17, 15) is 4.79 Å². The molecule has 2 rings (SSSR count). The Morgan fingerprint density at radius 1 is 1.18 bits per heavy atom. The molecular weight excluding hydrogens is 280 g/mol. The first-order valence-corrected chi connectivity index (χ1v) is 7.98. The molecule has 5 heteroatoms. The van der Waals surface area contributed by atoms with E-state index in [1.165, 1.54) is 0 Å². The lowest BCUT2D eigenvalue weighted by atomic mass is 9.99. The lowest BCUT2D eigenvalue weighted by Gasteiger charge is -2.38. The second kappa shape index (κ2) is 7.61. The molecule has 0 aliphatic carbocycles. The van der Waals surface area contributed by atoms with Crippen LogP contribution in [0.3, 0.4) is 0 Å². The smallest absolute Gasteiger partial charge is 0.249 e. The lowest BCUT2D eigenvalue weighted by Crippen LogP contribution is -2.52. The van der Waals surface area contributed by atoms with Crippen LogP contribution >= 0.6 is 0 Å². The van der Waals surface area contributed by atoms with Crippen LogP contribution in [0.15, 0.2) is 24.3 Å². The highest BCUT2D eigenvalue weighted by molar-refractivity contribution is 6.05. The molecule has 1 heterocycles. The lowest BCUT2D eigenvalue weighted by molar-refractivity contribution is -0.136. The fraction of sp³-hybridized carbons (Fsp3) is 0.588. The Kier molecular flexibility index (Phi) is 5.80. The minimum Gasteiger partial charge on any atom is -0.372 e. The van der Waals surface area contributed by atoms with Crippen molar-refractivity contribution in [3.05, 3.63) is 24.3 Å². The third-order valence-electron chi connectivity index (χ3n) is 3.74. The molecule has 0 aromatic heterocycles. The van der Waals surface area contributed by atoms with Gasteiger partial charge in [-0.05, 0) is 31.9 Å². The van der Waals surface area contributed by atoms with Crippen molar-refractivity contribution in [1.82, 2.24) is 0 Å². The Balaban J connectivity index is 2.28. The molecule has 1 aliphatic heterocycles. The average Bonchev–Trinajstić information content (AvgIpc) is 2.50. The summed E-state index contributed by atoms with van der Waals surface area (Å²) in [5, 5.41) is 3.34. The van der Waals surface area contributed by atoms with E-state index in [1.54, 1.807) is 4.90 Å². The number of ether oxygens (including phenoxy) is 2. The molecule has 0 saturated carbocycles. The SMILES string of the molecule is CCOC(CN1C(=O)C(C(C)C)Nc2ccccc21)OCC. The summed E-state index contributed by atoms with van der Waals surface area (Å²) in [4.78, 5) is 14.6. The van der Waals surface area contributed by atoms with Crippen molar-refractivity contribution in [2.24, 2.45) is 5.92 Å². The highest BCUT2D eigenvalue weighted by atomic mass is 16.7. The number of carbonyl (C=O) groups excluding carboxylic acids is 1. The van der Waals surface area contributed by atoms with Gasteiger partial charge in [-0.15, -0.1) is 0 Å². The molecule has 1 atom stereocenters. The number of fused-ring (bicyclic) bond motifs is 1. The summed E-state index contributed by atoms with van der Waals surface area (Å²) in [5.41, 5.74) is 1.86. The van der Waals surface area contributed by atoms with Crippen molar-refractivity contribution in [2.75, 3.05) is 30.0 Å². The Hall–Kier alpha value is -1.59. The van der Waals surface area contributed by atoms with Crippen LogP contribution in [0, 0.1) is 5.92 Å². The maximum absolute atomic E-state index is 12.8. The number of hydrogen-bond acceptors (Lipinski definition) is 4. The van der Waals surface area contributed by atoms with Gasteiger partial charge in [0, 0.05) is 13.2 Å². The Bertz CT molecular complexity index is 498. The van der Waals surface area contributed by atoms with Gasteiger partial charge in [-0.1, -0.05) is 26.0 Å². The van der Waals surface area contributed by atoms with E-state index in [0.29, 0.717) is 19.8 Å². The van der Waals surface area contributed by atoms with Crippen LogP contribution in [0.5, 0.6) is 0 Å². The summed E-state index contributed by atoms with van der Waals surface area (Å²) in [6, 6.07) is 7.64. The number of carbonyl (C=O) groups is 1. The molecule has 0 saturated heterocycles. The number of nitrogens with zero attached hydrogens (tertiary/aromatic N) is 1. The van der Waals surface area contributed by atoms with E-state index in [0.717, 1.165) is 11.4 Å². The van der Waals surface area contributed by atoms with Gasteiger partial charge in [-0.2, -0.15) is 0 Å². The normalized spacial score (nSPS) is 17.8. The van der Waals surface area contributed by atoms with Gasteiger partial charge < -0.3 is 19.7 Å². The van der Waals surface area contributed by atoms with Crippen LogP contribution in [0.25, 0.3) is 0 Å². The second-order valence-electron chi connectivity index (χ2n) is 5.67. The van der Waals surface area contributed by atoms with E-state index < -0.39 is 6.29 Å². The van der Waals surface area contributed by atoms with Crippen molar-refractivity contribution in [1.29, 1.82) is 0 Å². The molecule has 0 spiro atoms. The van der Waals surface area contributed by atoms with Gasteiger partial charge >= 0.3 is 0 Å². The maximum atomic E-state index is 12.8. The molecule has 1 aromatic carbocycles. The fourth-order valence-corrected chi connectivity index (χ4v) is 2.66. The van der Waals surface area contributed by atoms with Crippen LogP contribution in [-0.2, 0) is 14.3 Å². The van der Waals surface area contributed by atoms with Gasteiger partial charge in [0.2, 0.25) is 5.91 Å². The molecule has 1 aliphatic rings. The molecule has 0 bridgehead atoms. The van der Waals surface area contributed by atoms with Crippen LogP contribution < -0.4 is 10.2 Å². The summed E-state index contributed by atoms with van der Waals surface area (Å²) < 4.78 is 11.2. The molecule has 1 unspecified atom stereocenters. The van der Waals surface area contributed by atoms with Gasteiger partial charge in [0.15, 0.2) is 6.29 Å². The van der Waals surface area contributed by atoms with Gasteiger partial charge in [0.05, 0.1) is 17.9 Å². The zero-order valence-corrected chi connectivity index (χ0v) is 13.8. The van der Waals surface area contributed by atoms with E-state index in [-0.39, 0.29) is 17.9 Å². The second-order valence-corrected chi connectivity index (χ2v) is 5.67. The average molecular weight is 306 g/mol. The number of hydrogen-bond donors (Lipinski definition) is 1. The molecule has 122 valence electrons. The zero-order valence-electron chi connectivity index (χ0n) is 13.8. The summed E-state index contributed by atoms with van der Waals surface area (Å²) in [6.45, 7) is 9.46. The van der Waals surface area contributed by atoms with Crippen LogP contribution in [0.4, 0.5) is 11.4 Å². The van der Waals surface area contributed by atoms with Gasteiger partial charge in [0.1, 0.15) is 6.04 Å². The fourth-order valence-electron chi connectivity index (χ4n) is 2.66. The van der Waals surface area contributed by atoms with Gasteiger partial charge in [-0.3, -0.25) is 4.79 Å². The summed E-state index contributed by atoms with van der Waals surface area (Å²) in [7, 11) is 0. The predicted octanol–water partition coefficient (Wildman–Crippen LogP) is 2.87. The van der Waals surface area contributed by atoms with Crippen molar-refractivity contribution in [3.63, 3.8) is 0 Å². The first-order valence-electron chi connectivity index (χ1n) is 7.98.